The van der Waals surface area contributed by atoms with Gasteiger partial charge in [0.2, 0.25) is 0 Å². The Bertz CT molecular complexity index is 707. The van der Waals surface area contributed by atoms with Gasteiger partial charge in [0.15, 0.2) is 5.83 Å². The molecule has 3 nitrogen and oxygen atoms in total. The highest BCUT2D eigenvalue weighted by Gasteiger charge is 2.26. The minimum absolute atomic E-state index is 0.0789. The lowest BCUT2D eigenvalue weighted by molar-refractivity contribution is -0.140. The van der Waals surface area contributed by atoms with Gasteiger partial charge in [0.05, 0.1) is 5.92 Å². The van der Waals surface area contributed by atoms with Gasteiger partial charge in [0.25, 0.3) is 0 Å². The number of benzene rings is 1. The Morgan fingerprint density at radius 1 is 1.18 bits per heavy atom. The summed E-state index contributed by atoms with van der Waals surface area (Å²) in [6.07, 6.45) is 14.0. The fourth-order valence-corrected chi connectivity index (χ4v) is 3.56. The molecule has 0 radical (unpaired) electrons. The number of ether oxygens (including phenoxy) is 1. The van der Waals surface area contributed by atoms with Crippen molar-refractivity contribution in [2.75, 3.05) is 0 Å². The number of aryl methyl sites for hydroxylation is 1. The number of unbranched alkanes of at least 4 members (excludes halogenated alkanes) is 3. The molecule has 0 saturated heterocycles. The summed E-state index contributed by atoms with van der Waals surface area (Å²) in [7, 11) is 0. The molecule has 150 valence electrons. The molecular weight excluding hydrogens is 353 g/mol. The van der Waals surface area contributed by atoms with Gasteiger partial charge in [-0.3, -0.25) is 4.79 Å². The number of halogens is 1. The van der Waals surface area contributed by atoms with Crippen LogP contribution in [-0.2, 0) is 11.2 Å². The summed E-state index contributed by atoms with van der Waals surface area (Å²) in [6, 6.07) is 9.31. The molecule has 1 aromatic rings. The number of hydrogen-bond acceptors (Lipinski definition) is 3. The van der Waals surface area contributed by atoms with Crippen LogP contribution in [0.25, 0.3) is 0 Å². The second-order valence-electron chi connectivity index (χ2n) is 7.50. The summed E-state index contributed by atoms with van der Waals surface area (Å²) in [6.45, 7) is 2.21. The number of hydrogen-bond donors (Lipinski definition) is 0. The monoisotopic (exact) mass is 383 g/mol. The van der Waals surface area contributed by atoms with Gasteiger partial charge in [0.1, 0.15) is 11.8 Å². The molecule has 0 atom stereocenters. The van der Waals surface area contributed by atoms with Crippen LogP contribution in [0.5, 0.6) is 5.75 Å². The van der Waals surface area contributed by atoms with Crippen molar-refractivity contribution in [1.29, 1.82) is 5.26 Å². The molecule has 28 heavy (non-hydrogen) atoms. The maximum Gasteiger partial charge on any atom is 0.314 e. The summed E-state index contributed by atoms with van der Waals surface area (Å²) in [4.78, 5) is 12.4. The summed E-state index contributed by atoms with van der Waals surface area (Å²) in [5.41, 5.74) is 1.28. The second kappa shape index (κ2) is 12.1. The van der Waals surface area contributed by atoms with E-state index < -0.39 is 5.83 Å². The molecule has 0 unspecified atom stereocenters. The smallest absolute Gasteiger partial charge is 0.314 e. The average molecular weight is 384 g/mol. The largest absolute Gasteiger partial charge is 0.426 e. The van der Waals surface area contributed by atoms with Gasteiger partial charge in [-0.25, -0.2) is 0 Å². The Balaban J connectivity index is 1.74. The third kappa shape index (κ3) is 7.68. The first-order chi connectivity index (χ1) is 13.6. The van der Waals surface area contributed by atoms with Crippen LogP contribution in [-0.4, -0.2) is 5.97 Å². The molecule has 1 aromatic carbocycles. The zero-order valence-electron chi connectivity index (χ0n) is 16.7. The van der Waals surface area contributed by atoms with Crippen LogP contribution in [0.1, 0.15) is 63.9 Å². The molecule has 0 amide bonds. The van der Waals surface area contributed by atoms with Gasteiger partial charge in [-0.2, -0.15) is 9.65 Å². The summed E-state index contributed by atoms with van der Waals surface area (Å²) >= 11 is 0. The lowest BCUT2D eigenvalue weighted by atomic mass is 9.82. The first kappa shape index (κ1) is 21.9. The average Bonchev–Trinajstić information content (AvgIpc) is 2.72. The fraction of sp³-hybridized carbons (Fsp3) is 0.500. The molecule has 0 N–H and O–H groups in total. The summed E-state index contributed by atoms with van der Waals surface area (Å²) in [5.74, 6) is -0.0981. The number of nitriles is 1. The highest BCUT2D eigenvalue weighted by Crippen LogP contribution is 2.31. The van der Waals surface area contributed by atoms with Crippen LogP contribution in [0, 0.1) is 23.2 Å². The molecular formula is C24H30FNO2. The maximum atomic E-state index is 12.8. The molecule has 0 spiro atoms. The predicted octanol–water partition coefficient (Wildman–Crippen LogP) is 6.45. The quantitative estimate of drug-likeness (QED) is 0.162. The predicted molar refractivity (Wildman–Crippen MR) is 109 cm³/mol. The van der Waals surface area contributed by atoms with E-state index in [1.807, 2.05) is 30.3 Å². The van der Waals surface area contributed by atoms with Crippen LogP contribution in [0.4, 0.5) is 4.39 Å². The van der Waals surface area contributed by atoms with E-state index in [-0.39, 0.29) is 11.9 Å². The molecule has 2 rings (SSSR count). The highest BCUT2D eigenvalue weighted by atomic mass is 19.1. The Labute approximate surface area is 167 Å². The standard InChI is InChI=1S/C24H30FNO2/c1-2-3-4-5-7-19-12-16-23(17-13-19)28-24(27)21-14-10-20(11-15-21)8-6-9-22(25)18-26/h6,8-9,12-13,16-17,20-21H,2-5,7,10-11,14-15H2,1H3/t20-,21-. The van der Waals surface area contributed by atoms with Gasteiger partial charge >= 0.3 is 5.97 Å². The van der Waals surface area contributed by atoms with Crippen molar-refractivity contribution in [3.05, 3.63) is 53.9 Å². The molecule has 0 aromatic heterocycles. The third-order valence-corrected chi connectivity index (χ3v) is 5.30. The lowest BCUT2D eigenvalue weighted by Gasteiger charge is -2.25. The van der Waals surface area contributed by atoms with Crippen molar-refractivity contribution in [2.45, 2.75) is 64.7 Å². The zero-order chi connectivity index (χ0) is 20.2. The molecule has 1 aliphatic rings. The normalized spacial score (nSPS) is 20.1. The van der Waals surface area contributed by atoms with Crippen LogP contribution < -0.4 is 4.74 Å². The van der Waals surface area contributed by atoms with Gasteiger partial charge in [0, 0.05) is 0 Å². The van der Waals surface area contributed by atoms with E-state index in [1.54, 1.807) is 6.08 Å². The number of carbonyl (C=O) groups excluding carboxylic acids is 1. The molecule has 0 bridgehead atoms. The van der Waals surface area contributed by atoms with E-state index in [2.05, 4.69) is 6.92 Å². The Hall–Kier alpha value is -2.41. The van der Waals surface area contributed by atoms with Crippen LogP contribution in [0.2, 0.25) is 0 Å². The third-order valence-electron chi connectivity index (χ3n) is 5.30. The Morgan fingerprint density at radius 2 is 1.89 bits per heavy atom. The lowest BCUT2D eigenvalue weighted by Crippen LogP contribution is -2.25. The molecule has 0 aliphatic heterocycles. The molecule has 1 fully saturated rings. The minimum Gasteiger partial charge on any atom is -0.426 e. The van der Waals surface area contributed by atoms with Crippen molar-refractivity contribution in [1.82, 2.24) is 0 Å². The van der Waals surface area contributed by atoms with Crippen molar-refractivity contribution in [2.24, 2.45) is 11.8 Å². The van der Waals surface area contributed by atoms with E-state index in [0.717, 1.165) is 32.1 Å². The first-order valence-electron chi connectivity index (χ1n) is 10.4. The number of esters is 1. The summed E-state index contributed by atoms with van der Waals surface area (Å²) < 4.78 is 18.3. The van der Waals surface area contributed by atoms with E-state index in [0.29, 0.717) is 11.7 Å². The van der Waals surface area contributed by atoms with Gasteiger partial charge in [-0.15, -0.1) is 0 Å². The van der Waals surface area contributed by atoms with Gasteiger partial charge in [-0.05, 0) is 68.2 Å². The number of rotatable bonds is 9. The molecule has 0 heterocycles. The van der Waals surface area contributed by atoms with E-state index in [1.165, 1.54) is 43.4 Å². The van der Waals surface area contributed by atoms with Crippen molar-refractivity contribution < 1.29 is 13.9 Å². The first-order valence-corrected chi connectivity index (χ1v) is 10.4. The van der Waals surface area contributed by atoms with Crippen molar-refractivity contribution in [3.8, 4) is 11.8 Å². The minimum atomic E-state index is -0.791. The van der Waals surface area contributed by atoms with Crippen molar-refractivity contribution >= 4 is 5.97 Å². The van der Waals surface area contributed by atoms with Gasteiger partial charge < -0.3 is 4.74 Å². The molecule has 4 heteroatoms. The summed E-state index contributed by atoms with van der Waals surface area (Å²) in [5, 5.41) is 8.38. The number of allylic oxidation sites excluding steroid dienone is 4. The van der Waals surface area contributed by atoms with Crippen molar-refractivity contribution in [3.63, 3.8) is 0 Å². The Kier molecular flexibility index (Phi) is 9.48. The van der Waals surface area contributed by atoms with Crippen LogP contribution >= 0.6 is 0 Å². The number of nitrogens with zero attached hydrogens (tertiary/aromatic N) is 1. The highest BCUT2D eigenvalue weighted by molar-refractivity contribution is 5.75. The topological polar surface area (TPSA) is 50.1 Å². The van der Waals surface area contributed by atoms with Gasteiger partial charge in [-0.1, -0.05) is 50.5 Å². The molecule has 1 aliphatic carbocycles. The Morgan fingerprint density at radius 3 is 2.54 bits per heavy atom. The van der Waals surface area contributed by atoms with E-state index in [4.69, 9.17) is 10.00 Å². The second-order valence-corrected chi connectivity index (χ2v) is 7.50. The SMILES string of the molecule is CCCCCCc1ccc(OC(=O)[C@H]2CC[C@H](C=CC=C(F)C#N)CC2)cc1. The van der Waals surface area contributed by atoms with Crippen LogP contribution in [0.15, 0.2) is 48.3 Å². The zero-order valence-corrected chi connectivity index (χ0v) is 16.7. The molecule has 1 saturated carbocycles. The maximum absolute atomic E-state index is 12.8. The number of carbonyl (C=O) groups is 1. The fourth-order valence-electron chi connectivity index (χ4n) is 3.56. The van der Waals surface area contributed by atoms with E-state index >= 15 is 0 Å². The van der Waals surface area contributed by atoms with E-state index in [9.17, 15) is 9.18 Å². The van der Waals surface area contributed by atoms with Crippen LogP contribution in [0.3, 0.4) is 0 Å².